The van der Waals surface area contributed by atoms with E-state index in [4.69, 9.17) is 5.73 Å². The third-order valence-corrected chi connectivity index (χ3v) is 4.31. The van der Waals surface area contributed by atoms with Gasteiger partial charge in [-0.25, -0.2) is 0 Å². The fourth-order valence-corrected chi connectivity index (χ4v) is 3.05. The Morgan fingerprint density at radius 3 is 2.53 bits per heavy atom. The minimum atomic E-state index is -0.0130. The zero-order chi connectivity index (χ0) is 13.4. The maximum absolute atomic E-state index is 12.2. The molecule has 4 nitrogen and oxygen atoms in total. The van der Waals surface area contributed by atoms with Crippen LogP contribution in [-0.2, 0) is 9.59 Å². The van der Waals surface area contributed by atoms with Crippen molar-refractivity contribution in [3.8, 4) is 0 Å². The molecule has 2 amide bonds. The topological polar surface area (TPSA) is 63.4 Å². The van der Waals surface area contributed by atoms with Crippen LogP contribution in [0.25, 0.3) is 0 Å². The molecule has 1 aromatic carbocycles. The van der Waals surface area contributed by atoms with Crippen LogP contribution < -0.4 is 5.73 Å². The predicted octanol–water partition coefficient (Wildman–Crippen LogP) is 1.91. The Hall–Kier alpha value is -1.84. The van der Waals surface area contributed by atoms with Crippen LogP contribution in [0.4, 0.5) is 5.69 Å². The molecule has 1 heterocycles. The van der Waals surface area contributed by atoms with Gasteiger partial charge in [-0.05, 0) is 42.9 Å². The number of imide groups is 1. The number of amides is 2. The van der Waals surface area contributed by atoms with Crippen LogP contribution in [0.1, 0.15) is 37.2 Å². The highest BCUT2D eigenvalue weighted by Gasteiger charge is 2.38. The van der Waals surface area contributed by atoms with Gasteiger partial charge in [-0.3, -0.25) is 14.5 Å². The molecule has 4 heteroatoms. The lowest BCUT2D eigenvalue weighted by molar-refractivity contribution is -0.154. The first-order chi connectivity index (χ1) is 9.15. The van der Waals surface area contributed by atoms with Crippen LogP contribution in [0.2, 0.25) is 0 Å². The van der Waals surface area contributed by atoms with Crippen molar-refractivity contribution in [2.45, 2.75) is 31.6 Å². The Kier molecular flexibility index (Phi) is 3.01. The van der Waals surface area contributed by atoms with E-state index in [2.05, 4.69) is 0 Å². The Bertz CT molecular complexity index is 509. The summed E-state index contributed by atoms with van der Waals surface area (Å²) in [5.74, 6) is 0.466. The van der Waals surface area contributed by atoms with E-state index in [1.165, 1.54) is 10.5 Å². The first kappa shape index (κ1) is 12.2. The lowest BCUT2D eigenvalue weighted by atomic mass is 9.95. The second-order valence-corrected chi connectivity index (χ2v) is 5.51. The molecule has 1 saturated heterocycles. The van der Waals surface area contributed by atoms with Crippen LogP contribution in [0.5, 0.6) is 0 Å². The highest BCUT2D eigenvalue weighted by Crippen LogP contribution is 2.39. The van der Waals surface area contributed by atoms with Gasteiger partial charge >= 0.3 is 0 Å². The molecule has 2 fully saturated rings. The van der Waals surface area contributed by atoms with E-state index in [-0.39, 0.29) is 17.7 Å². The van der Waals surface area contributed by atoms with E-state index in [1.807, 2.05) is 24.3 Å². The predicted molar refractivity (Wildman–Crippen MR) is 72.3 cm³/mol. The number of carbonyl (C=O) groups is 2. The Morgan fingerprint density at radius 2 is 1.95 bits per heavy atom. The maximum Gasteiger partial charge on any atom is 0.232 e. The van der Waals surface area contributed by atoms with Crippen molar-refractivity contribution in [3.05, 3.63) is 29.8 Å². The van der Waals surface area contributed by atoms with Gasteiger partial charge in [-0.15, -0.1) is 0 Å². The molecule has 0 bridgehead atoms. The van der Waals surface area contributed by atoms with Crippen LogP contribution in [0.15, 0.2) is 24.3 Å². The Labute approximate surface area is 112 Å². The van der Waals surface area contributed by atoms with Crippen molar-refractivity contribution < 1.29 is 9.59 Å². The summed E-state index contributed by atoms with van der Waals surface area (Å²) in [6, 6.07) is 7.90. The van der Waals surface area contributed by atoms with Crippen molar-refractivity contribution in [1.82, 2.24) is 4.90 Å². The molecule has 1 aromatic rings. The number of likely N-dealkylation sites (tertiary alicyclic amines) is 1. The number of nitrogens with zero attached hydrogens (tertiary/aromatic N) is 1. The molecule has 0 radical (unpaired) electrons. The number of carbonyl (C=O) groups excluding carboxylic acids is 2. The molecular weight excluding hydrogens is 240 g/mol. The third-order valence-electron chi connectivity index (χ3n) is 4.31. The smallest absolute Gasteiger partial charge is 0.232 e. The number of hydrogen-bond acceptors (Lipinski definition) is 3. The highest BCUT2D eigenvalue weighted by molar-refractivity contribution is 6.00. The fourth-order valence-electron chi connectivity index (χ4n) is 3.05. The summed E-state index contributed by atoms with van der Waals surface area (Å²) in [7, 11) is 0. The van der Waals surface area contributed by atoms with Crippen LogP contribution in [-0.4, -0.2) is 23.3 Å². The SMILES string of the molecule is Nc1ccc(C2CCC(C(=O)N3CCC3=O)C2)cc1. The number of rotatable bonds is 2. The monoisotopic (exact) mass is 258 g/mol. The number of β-lactam (4-membered cyclic amide) rings is 1. The molecule has 1 saturated carbocycles. The van der Waals surface area contributed by atoms with E-state index < -0.39 is 0 Å². The van der Waals surface area contributed by atoms with E-state index >= 15 is 0 Å². The summed E-state index contributed by atoms with van der Waals surface area (Å²) in [6.07, 6.45) is 3.28. The first-order valence-corrected chi connectivity index (χ1v) is 6.85. The molecule has 2 atom stereocenters. The zero-order valence-electron chi connectivity index (χ0n) is 10.8. The largest absolute Gasteiger partial charge is 0.399 e. The van der Waals surface area contributed by atoms with E-state index in [0.29, 0.717) is 18.9 Å². The summed E-state index contributed by atoms with van der Waals surface area (Å²) in [4.78, 5) is 24.9. The van der Waals surface area contributed by atoms with Gasteiger partial charge in [0, 0.05) is 24.6 Å². The quantitative estimate of drug-likeness (QED) is 0.500. The molecule has 19 heavy (non-hydrogen) atoms. The lowest BCUT2D eigenvalue weighted by Crippen LogP contribution is -2.49. The second-order valence-electron chi connectivity index (χ2n) is 5.51. The normalized spacial score (nSPS) is 26.3. The molecular formula is C15H18N2O2. The molecule has 0 aromatic heterocycles. The van der Waals surface area contributed by atoms with Gasteiger partial charge in [0.2, 0.25) is 11.8 Å². The maximum atomic E-state index is 12.2. The minimum absolute atomic E-state index is 0.0130. The van der Waals surface area contributed by atoms with Gasteiger partial charge in [0.15, 0.2) is 0 Å². The molecule has 0 spiro atoms. The molecule has 2 aliphatic rings. The second kappa shape index (κ2) is 4.68. The summed E-state index contributed by atoms with van der Waals surface area (Å²) in [5.41, 5.74) is 7.70. The third kappa shape index (κ3) is 2.23. The van der Waals surface area contributed by atoms with Crippen LogP contribution in [0.3, 0.4) is 0 Å². The van der Waals surface area contributed by atoms with Gasteiger partial charge < -0.3 is 5.73 Å². The van der Waals surface area contributed by atoms with Gasteiger partial charge in [0.1, 0.15) is 0 Å². The van der Waals surface area contributed by atoms with Crippen molar-refractivity contribution in [2.75, 3.05) is 12.3 Å². The average molecular weight is 258 g/mol. The standard InChI is InChI=1S/C15H18N2O2/c16-13-5-3-10(4-6-13)11-1-2-12(9-11)15(19)17-8-7-14(17)18/h3-6,11-12H,1-2,7-9,16H2. The Balaban J connectivity index is 1.65. The van der Waals surface area contributed by atoms with Gasteiger partial charge in [0.05, 0.1) is 0 Å². The average Bonchev–Trinajstić information content (AvgIpc) is 2.87. The van der Waals surface area contributed by atoms with Gasteiger partial charge in [-0.2, -0.15) is 0 Å². The van der Waals surface area contributed by atoms with Gasteiger partial charge in [-0.1, -0.05) is 12.1 Å². The number of nitrogens with two attached hydrogens (primary N) is 1. The van der Waals surface area contributed by atoms with Crippen molar-refractivity contribution in [2.24, 2.45) is 5.92 Å². The summed E-state index contributed by atoms with van der Waals surface area (Å²) in [5, 5.41) is 0. The lowest BCUT2D eigenvalue weighted by Gasteiger charge is -2.30. The minimum Gasteiger partial charge on any atom is -0.399 e. The number of anilines is 1. The first-order valence-electron chi connectivity index (χ1n) is 6.85. The summed E-state index contributed by atoms with van der Waals surface area (Å²) in [6.45, 7) is 0.612. The molecule has 2 N–H and O–H groups in total. The highest BCUT2D eigenvalue weighted by atomic mass is 16.2. The van der Waals surface area contributed by atoms with Crippen molar-refractivity contribution in [3.63, 3.8) is 0 Å². The number of nitrogen functional groups attached to an aromatic ring is 1. The molecule has 1 aliphatic carbocycles. The summed E-state index contributed by atoms with van der Waals surface area (Å²) < 4.78 is 0. The van der Waals surface area contributed by atoms with Crippen LogP contribution >= 0.6 is 0 Å². The van der Waals surface area contributed by atoms with Gasteiger partial charge in [0.25, 0.3) is 0 Å². The molecule has 2 unspecified atom stereocenters. The molecule has 1 aliphatic heterocycles. The zero-order valence-corrected chi connectivity index (χ0v) is 10.8. The number of benzene rings is 1. The Morgan fingerprint density at radius 1 is 1.21 bits per heavy atom. The fraction of sp³-hybridized carbons (Fsp3) is 0.467. The number of hydrogen-bond donors (Lipinski definition) is 1. The van der Waals surface area contributed by atoms with E-state index in [9.17, 15) is 9.59 Å². The molecule has 100 valence electrons. The molecule has 3 rings (SSSR count). The van der Waals surface area contributed by atoms with Crippen molar-refractivity contribution >= 4 is 17.5 Å². The van der Waals surface area contributed by atoms with Crippen molar-refractivity contribution in [1.29, 1.82) is 0 Å². The summed E-state index contributed by atoms with van der Waals surface area (Å²) >= 11 is 0. The van der Waals surface area contributed by atoms with Crippen LogP contribution in [0, 0.1) is 5.92 Å². The van der Waals surface area contributed by atoms with E-state index in [0.717, 1.165) is 24.9 Å². The van der Waals surface area contributed by atoms with E-state index in [1.54, 1.807) is 0 Å².